The fourth-order valence-corrected chi connectivity index (χ4v) is 5.59. The van der Waals surface area contributed by atoms with Crippen LogP contribution in [0, 0.1) is 11.7 Å². The highest BCUT2D eigenvalue weighted by Gasteiger charge is 2.44. The van der Waals surface area contributed by atoms with Gasteiger partial charge < -0.3 is 23.8 Å². The quantitative estimate of drug-likeness (QED) is 0.606. The first-order chi connectivity index (χ1) is 16.6. The molecule has 3 heterocycles. The highest BCUT2D eigenvalue weighted by molar-refractivity contribution is 5.94. The summed E-state index contributed by atoms with van der Waals surface area (Å²) in [5, 5.41) is 0.145. The molecule has 1 aromatic carbocycles. The zero-order valence-electron chi connectivity index (χ0n) is 20.7. The number of likely N-dealkylation sites (tertiary alicyclic amines) is 1. The molecule has 9 heteroatoms. The molecule has 3 fully saturated rings. The molecule has 2 unspecified atom stereocenters. The second-order valence-electron chi connectivity index (χ2n) is 10.9. The topological polar surface area (TPSA) is 81.1 Å². The summed E-state index contributed by atoms with van der Waals surface area (Å²) in [5.41, 5.74) is -0.268. The van der Waals surface area contributed by atoms with Gasteiger partial charge >= 0.3 is 6.09 Å². The number of carbonyl (C=O) groups is 2. The number of ether oxygens (including phenoxy) is 2. The van der Waals surface area contributed by atoms with Crippen LogP contribution >= 0.6 is 0 Å². The molecule has 35 heavy (non-hydrogen) atoms. The van der Waals surface area contributed by atoms with Crippen molar-refractivity contribution < 1.29 is 23.5 Å². The second-order valence-corrected chi connectivity index (χ2v) is 10.9. The number of hydrogen-bond donors (Lipinski definition) is 0. The minimum atomic E-state index is -0.594. The number of hydrogen-bond acceptors (Lipinski definition) is 6. The van der Waals surface area contributed by atoms with E-state index in [0.717, 1.165) is 25.7 Å². The van der Waals surface area contributed by atoms with Crippen LogP contribution in [0.3, 0.4) is 0 Å². The van der Waals surface area contributed by atoms with Crippen molar-refractivity contribution in [3.63, 3.8) is 0 Å². The Labute approximate surface area is 203 Å². The van der Waals surface area contributed by atoms with Gasteiger partial charge in [-0.05, 0) is 58.4 Å². The number of halogens is 1. The molecule has 3 aliphatic rings. The Balaban J connectivity index is 1.57. The Morgan fingerprint density at radius 2 is 1.94 bits per heavy atom. The smallest absolute Gasteiger partial charge is 0.410 e. The van der Waals surface area contributed by atoms with Crippen LogP contribution in [0.5, 0.6) is 5.75 Å². The summed E-state index contributed by atoms with van der Waals surface area (Å²) < 4.78 is 29.0. The third kappa shape index (κ3) is 4.15. The summed E-state index contributed by atoms with van der Waals surface area (Å²) in [4.78, 5) is 41.0. The lowest BCUT2D eigenvalue weighted by molar-refractivity contribution is 0.00669. The number of methoxy groups -OCH3 is 1. The Morgan fingerprint density at radius 3 is 2.57 bits per heavy atom. The van der Waals surface area contributed by atoms with Crippen molar-refractivity contribution in [3.05, 3.63) is 33.9 Å². The standard InChI is InChI=1S/C26H32FN3O5/c1-26(2,3)35-25(33)29-9-5-6-15-11-28(13-20(15)29)22-19(27)10-18-21(24(22)34-4)30(17-7-8-17)12-16(14-31)23(18)32/h10,12,14-15,17,20H,5-9,11,13H2,1-4H3. The van der Waals surface area contributed by atoms with E-state index in [1.165, 1.54) is 13.2 Å². The van der Waals surface area contributed by atoms with Crippen molar-refractivity contribution in [3.8, 4) is 5.75 Å². The molecule has 1 saturated carbocycles. The average Bonchev–Trinajstić information content (AvgIpc) is 3.55. The van der Waals surface area contributed by atoms with Crippen LogP contribution in [0.2, 0.25) is 0 Å². The van der Waals surface area contributed by atoms with Gasteiger partial charge in [0.05, 0.1) is 29.6 Å². The van der Waals surface area contributed by atoms with E-state index < -0.39 is 16.8 Å². The minimum absolute atomic E-state index is 0.0128. The Morgan fingerprint density at radius 1 is 1.20 bits per heavy atom. The van der Waals surface area contributed by atoms with Crippen LogP contribution in [0.25, 0.3) is 10.9 Å². The van der Waals surface area contributed by atoms with Crippen molar-refractivity contribution in [1.29, 1.82) is 0 Å². The zero-order chi connectivity index (χ0) is 25.1. The Bertz CT molecular complexity index is 1250. The summed E-state index contributed by atoms with van der Waals surface area (Å²) in [5.74, 6) is -0.0950. The van der Waals surface area contributed by atoms with E-state index in [9.17, 15) is 14.4 Å². The normalized spacial score (nSPS) is 22.3. The number of rotatable bonds is 4. The summed E-state index contributed by atoms with van der Waals surface area (Å²) in [7, 11) is 1.48. The highest BCUT2D eigenvalue weighted by Crippen LogP contribution is 2.45. The van der Waals surface area contributed by atoms with Crippen molar-refractivity contribution in [2.24, 2.45) is 5.92 Å². The van der Waals surface area contributed by atoms with Gasteiger partial charge in [-0.2, -0.15) is 0 Å². The molecule has 0 N–H and O–H groups in total. The summed E-state index contributed by atoms with van der Waals surface area (Å²) in [6.45, 7) is 7.16. The van der Waals surface area contributed by atoms with Gasteiger partial charge in [-0.15, -0.1) is 0 Å². The number of aromatic nitrogens is 1. The molecule has 1 aromatic heterocycles. The van der Waals surface area contributed by atoms with E-state index in [1.807, 2.05) is 30.2 Å². The Kier molecular flexibility index (Phi) is 5.76. The van der Waals surface area contributed by atoms with E-state index in [2.05, 4.69) is 0 Å². The van der Waals surface area contributed by atoms with Gasteiger partial charge in [0.2, 0.25) is 0 Å². The molecular formula is C26H32FN3O5. The molecule has 2 saturated heterocycles. The fraction of sp³-hybridized carbons (Fsp3) is 0.577. The maximum Gasteiger partial charge on any atom is 0.410 e. The van der Waals surface area contributed by atoms with Gasteiger partial charge in [-0.25, -0.2) is 9.18 Å². The van der Waals surface area contributed by atoms with Gasteiger partial charge in [0.1, 0.15) is 11.3 Å². The highest BCUT2D eigenvalue weighted by atomic mass is 19.1. The lowest BCUT2D eigenvalue weighted by atomic mass is 9.92. The Hall–Kier alpha value is -3.10. The largest absolute Gasteiger partial charge is 0.492 e. The first-order valence-corrected chi connectivity index (χ1v) is 12.3. The lowest BCUT2D eigenvalue weighted by Gasteiger charge is -2.37. The molecule has 2 aromatic rings. The summed E-state index contributed by atoms with van der Waals surface area (Å²) >= 11 is 0. The molecule has 0 bridgehead atoms. The van der Waals surface area contributed by atoms with Crippen molar-refractivity contribution in [2.45, 2.75) is 64.1 Å². The predicted octanol–water partition coefficient (Wildman–Crippen LogP) is 4.13. The van der Waals surface area contributed by atoms with E-state index in [-0.39, 0.29) is 35.0 Å². The number of benzene rings is 1. The van der Waals surface area contributed by atoms with Gasteiger partial charge in [0.15, 0.2) is 23.3 Å². The number of fused-ring (bicyclic) bond motifs is 2. The van der Waals surface area contributed by atoms with Crippen molar-refractivity contribution >= 4 is 29.0 Å². The van der Waals surface area contributed by atoms with Gasteiger partial charge in [-0.1, -0.05) is 0 Å². The minimum Gasteiger partial charge on any atom is -0.492 e. The van der Waals surface area contributed by atoms with E-state index >= 15 is 4.39 Å². The monoisotopic (exact) mass is 485 g/mol. The summed E-state index contributed by atoms with van der Waals surface area (Å²) in [6.07, 6.45) is 5.39. The number of pyridine rings is 1. The van der Waals surface area contributed by atoms with Crippen molar-refractivity contribution in [2.75, 3.05) is 31.6 Å². The van der Waals surface area contributed by atoms with Gasteiger partial charge in [0.25, 0.3) is 0 Å². The number of carbonyl (C=O) groups excluding carboxylic acids is 2. The van der Waals surface area contributed by atoms with E-state index in [4.69, 9.17) is 9.47 Å². The van der Waals surface area contributed by atoms with E-state index in [1.54, 1.807) is 11.1 Å². The maximum atomic E-state index is 15.7. The van der Waals surface area contributed by atoms with Gasteiger partial charge in [0, 0.05) is 31.9 Å². The van der Waals surface area contributed by atoms with Crippen LogP contribution in [-0.2, 0) is 4.74 Å². The van der Waals surface area contributed by atoms with Crippen LogP contribution in [0.1, 0.15) is 62.9 Å². The molecule has 2 aliphatic heterocycles. The molecule has 188 valence electrons. The molecule has 8 nitrogen and oxygen atoms in total. The average molecular weight is 486 g/mol. The number of piperidine rings is 1. The second kappa shape index (κ2) is 8.53. The first kappa shape index (κ1) is 23.6. The zero-order valence-corrected chi connectivity index (χ0v) is 20.7. The third-order valence-electron chi connectivity index (χ3n) is 7.22. The molecule has 0 spiro atoms. The molecular weight excluding hydrogens is 453 g/mol. The maximum absolute atomic E-state index is 15.7. The van der Waals surface area contributed by atoms with Crippen molar-refractivity contribution in [1.82, 2.24) is 9.47 Å². The van der Waals surface area contributed by atoms with E-state index in [0.29, 0.717) is 42.9 Å². The molecule has 0 radical (unpaired) electrons. The number of aldehydes is 1. The SMILES string of the molecule is COc1c(N2CC3CCCN(C(=O)OC(C)(C)C)C3C2)c(F)cc2c(=O)c(C=O)cn(C3CC3)c12. The number of nitrogens with zero attached hydrogens (tertiary/aromatic N) is 3. The first-order valence-electron chi connectivity index (χ1n) is 12.3. The molecule has 1 amide bonds. The van der Waals surface area contributed by atoms with Crippen LogP contribution in [0.4, 0.5) is 14.9 Å². The van der Waals surface area contributed by atoms with Gasteiger partial charge in [-0.3, -0.25) is 9.59 Å². The number of amides is 1. The fourth-order valence-electron chi connectivity index (χ4n) is 5.59. The molecule has 1 aliphatic carbocycles. The third-order valence-corrected chi connectivity index (χ3v) is 7.22. The van der Waals surface area contributed by atoms with Crippen LogP contribution < -0.4 is 15.1 Å². The number of anilines is 1. The molecule has 2 atom stereocenters. The lowest BCUT2D eigenvalue weighted by Crippen LogP contribution is -2.50. The molecule has 5 rings (SSSR count). The van der Waals surface area contributed by atoms with Crippen LogP contribution in [0.15, 0.2) is 17.1 Å². The predicted molar refractivity (Wildman–Crippen MR) is 130 cm³/mol. The summed E-state index contributed by atoms with van der Waals surface area (Å²) in [6, 6.07) is 1.28. The van der Waals surface area contributed by atoms with Crippen LogP contribution in [-0.4, -0.2) is 60.2 Å².